The van der Waals surface area contributed by atoms with Gasteiger partial charge >= 0.3 is 0 Å². The SMILES string of the molecule is O=S(=O)(c1ccc2c(c1)COC2)N1CCCn2c(cc3ccccc32)C1. The molecule has 5 nitrogen and oxygen atoms in total. The van der Waals surface area contributed by atoms with Crippen LogP contribution >= 0.6 is 0 Å². The normalized spacial score (nSPS) is 17.8. The molecule has 0 saturated heterocycles. The maximum absolute atomic E-state index is 13.2. The van der Waals surface area contributed by atoms with Crippen LogP contribution in [0.3, 0.4) is 0 Å². The van der Waals surface area contributed by atoms with E-state index in [0.717, 1.165) is 35.2 Å². The molecule has 1 aromatic heterocycles. The zero-order valence-corrected chi connectivity index (χ0v) is 15.2. The molecule has 2 aliphatic heterocycles. The first kappa shape index (κ1) is 16.1. The van der Waals surface area contributed by atoms with Gasteiger partial charge in [0.05, 0.1) is 24.7 Å². The number of aryl methyl sites for hydroxylation is 1. The summed E-state index contributed by atoms with van der Waals surface area (Å²) in [4.78, 5) is 0.367. The fourth-order valence-corrected chi connectivity index (χ4v) is 5.49. The van der Waals surface area contributed by atoms with E-state index < -0.39 is 10.0 Å². The third-order valence-electron chi connectivity index (χ3n) is 5.35. The highest BCUT2D eigenvalue weighted by Gasteiger charge is 2.29. The molecule has 0 bridgehead atoms. The molecule has 0 spiro atoms. The van der Waals surface area contributed by atoms with Crippen molar-refractivity contribution < 1.29 is 13.2 Å². The fraction of sp³-hybridized carbons (Fsp3) is 0.300. The van der Waals surface area contributed by atoms with E-state index in [1.165, 1.54) is 5.52 Å². The third kappa shape index (κ3) is 2.48. The van der Waals surface area contributed by atoms with Crippen LogP contribution in [0.1, 0.15) is 23.2 Å². The smallest absolute Gasteiger partial charge is 0.243 e. The van der Waals surface area contributed by atoms with E-state index in [9.17, 15) is 8.42 Å². The molecule has 0 atom stereocenters. The number of hydrogen-bond donors (Lipinski definition) is 0. The molecule has 134 valence electrons. The van der Waals surface area contributed by atoms with Crippen molar-refractivity contribution in [3.05, 3.63) is 65.4 Å². The Hall–Kier alpha value is -2.15. The largest absolute Gasteiger partial charge is 0.372 e. The number of hydrogen-bond acceptors (Lipinski definition) is 3. The first-order valence-electron chi connectivity index (χ1n) is 8.90. The van der Waals surface area contributed by atoms with Gasteiger partial charge in [0.2, 0.25) is 10.0 Å². The number of nitrogens with zero attached hydrogens (tertiary/aromatic N) is 2. The Kier molecular flexibility index (Phi) is 3.67. The van der Waals surface area contributed by atoms with Gasteiger partial charge in [-0.15, -0.1) is 0 Å². The number of para-hydroxylation sites is 1. The van der Waals surface area contributed by atoms with Gasteiger partial charge in [-0.1, -0.05) is 24.3 Å². The number of sulfonamides is 1. The summed E-state index contributed by atoms with van der Waals surface area (Å²) in [6, 6.07) is 15.7. The lowest BCUT2D eigenvalue weighted by Gasteiger charge is -2.20. The van der Waals surface area contributed by atoms with Crippen LogP contribution in [-0.4, -0.2) is 23.8 Å². The Labute approximate surface area is 152 Å². The van der Waals surface area contributed by atoms with Gasteiger partial charge < -0.3 is 9.30 Å². The first-order valence-corrected chi connectivity index (χ1v) is 10.3. The van der Waals surface area contributed by atoms with Crippen molar-refractivity contribution in [2.45, 2.75) is 37.6 Å². The number of rotatable bonds is 2. The quantitative estimate of drug-likeness (QED) is 0.698. The highest BCUT2D eigenvalue weighted by molar-refractivity contribution is 7.89. The van der Waals surface area contributed by atoms with Crippen LogP contribution < -0.4 is 0 Å². The molecule has 2 aromatic carbocycles. The molecule has 6 heteroatoms. The van der Waals surface area contributed by atoms with E-state index in [2.05, 4.69) is 22.8 Å². The van der Waals surface area contributed by atoms with Crippen molar-refractivity contribution >= 4 is 20.9 Å². The number of fused-ring (bicyclic) bond motifs is 4. The van der Waals surface area contributed by atoms with Crippen molar-refractivity contribution in [2.24, 2.45) is 0 Å². The molecule has 0 radical (unpaired) electrons. The average Bonchev–Trinajstić information content (AvgIpc) is 3.19. The van der Waals surface area contributed by atoms with Gasteiger partial charge in [-0.3, -0.25) is 0 Å². The minimum atomic E-state index is -3.52. The number of aromatic nitrogens is 1. The standard InChI is InChI=1S/C20H20N2O3S/c23-26(24,19-7-6-16-13-25-14-17(16)11-19)21-8-3-9-22-18(12-21)10-15-4-1-2-5-20(15)22/h1-2,4-7,10-11H,3,8-9,12-14H2. The molecular formula is C20H20N2O3S. The second-order valence-electron chi connectivity index (χ2n) is 6.96. The van der Waals surface area contributed by atoms with Crippen LogP contribution in [0.2, 0.25) is 0 Å². The highest BCUT2D eigenvalue weighted by atomic mass is 32.2. The molecule has 2 aliphatic rings. The first-order chi connectivity index (χ1) is 12.6. The lowest BCUT2D eigenvalue weighted by atomic mass is 10.1. The Morgan fingerprint density at radius 3 is 2.69 bits per heavy atom. The zero-order valence-electron chi connectivity index (χ0n) is 14.4. The van der Waals surface area contributed by atoms with E-state index >= 15 is 0 Å². The molecular weight excluding hydrogens is 348 g/mol. The van der Waals surface area contributed by atoms with E-state index in [1.807, 2.05) is 18.2 Å². The molecule has 0 aliphatic carbocycles. The lowest BCUT2D eigenvalue weighted by Crippen LogP contribution is -2.30. The maximum atomic E-state index is 13.2. The summed E-state index contributed by atoms with van der Waals surface area (Å²) in [5.74, 6) is 0. The molecule has 0 fully saturated rings. The van der Waals surface area contributed by atoms with Crippen LogP contribution in [-0.2, 0) is 41.1 Å². The number of ether oxygens (including phenoxy) is 1. The van der Waals surface area contributed by atoms with Gasteiger partial charge in [-0.25, -0.2) is 8.42 Å². The molecule has 3 heterocycles. The maximum Gasteiger partial charge on any atom is 0.243 e. The topological polar surface area (TPSA) is 51.5 Å². The van der Waals surface area contributed by atoms with Crippen LogP contribution in [0.5, 0.6) is 0 Å². The predicted molar refractivity (Wildman–Crippen MR) is 99.1 cm³/mol. The van der Waals surface area contributed by atoms with Crippen LogP contribution in [0.25, 0.3) is 10.9 Å². The van der Waals surface area contributed by atoms with Crippen molar-refractivity contribution in [3.8, 4) is 0 Å². The molecule has 26 heavy (non-hydrogen) atoms. The van der Waals surface area contributed by atoms with E-state index in [0.29, 0.717) is 31.2 Å². The summed E-state index contributed by atoms with van der Waals surface area (Å²) in [6.45, 7) is 2.84. The van der Waals surface area contributed by atoms with Crippen molar-refractivity contribution in [3.63, 3.8) is 0 Å². The van der Waals surface area contributed by atoms with Gasteiger partial charge in [0.1, 0.15) is 0 Å². The van der Waals surface area contributed by atoms with Crippen molar-refractivity contribution in [1.29, 1.82) is 0 Å². The average molecular weight is 368 g/mol. The van der Waals surface area contributed by atoms with Gasteiger partial charge in [0.25, 0.3) is 0 Å². The Morgan fingerprint density at radius 1 is 0.923 bits per heavy atom. The minimum Gasteiger partial charge on any atom is -0.372 e. The summed E-state index contributed by atoms with van der Waals surface area (Å²) in [7, 11) is -3.52. The van der Waals surface area contributed by atoms with E-state index in [-0.39, 0.29) is 0 Å². The monoisotopic (exact) mass is 368 g/mol. The molecule has 0 saturated carbocycles. The third-order valence-corrected chi connectivity index (χ3v) is 7.20. The van der Waals surface area contributed by atoms with Crippen LogP contribution in [0.15, 0.2) is 53.4 Å². The molecule has 0 amide bonds. The van der Waals surface area contributed by atoms with Crippen LogP contribution in [0, 0.1) is 0 Å². The van der Waals surface area contributed by atoms with Gasteiger partial charge in [-0.05, 0) is 47.2 Å². The Balaban J connectivity index is 1.53. The molecule has 5 rings (SSSR count). The summed E-state index contributed by atoms with van der Waals surface area (Å²) in [5.41, 5.74) is 4.29. The molecule has 0 N–H and O–H groups in total. The summed E-state index contributed by atoms with van der Waals surface area (Å²) in [6.07, 6.45) is 0.805. The van der Waals surface area contributed by atoms with Gasteiger partial charge in [0.15, 0.2) is 0 Å². The van der Waals surface area contributed by atoms with Gasteiger partial charge in [0, 0.05) is 24.3 Å². The summed E-state index contributed by atoms with van der Waals surface area (Å²) >= 11 is 0. The zero-order chi connectivity index (χ0) is 17.7. The lowest BCUT2D eigenvalue weighted by molar-refractivity contribution is 0.134. The van der Waals surface area contributed by atoms with Crippen molar-refractivity contribution in [1.82, 2.24) is 8.87 Å². The van der Waals surface area contributed by atoms with Crippen LogP contribution in [0.4, 0.5) is 0 Å². The summed E-state index contributed by atoms with van der Waals surface area (Å²) < 4.78 is 35.8. The van der Waals surface area contributed by atoms with Crippen molar-refractivity contribution in [2.75, 3.05) is 6.54 Å². The minimum absolute atomic E-state index is 0.367. The molecule has 3 aromatic rings. The molecule has 0 unspecified atom stereocenters. The number of benzene rings is 2. The highest BCUT2D eigenvalue weighted by Crippen LogP contribution is 2.29. The fourth-order valence-electron chi connectivity index (χ4n) is 3.99. The van der Waals surface area contributed by atoms with E-state index in [1.54, 1.807) is 16.4 Å². The Bertz CT molecular complexity index is 1100. The summed E-state index contributed by atoms with van der Waals surface area (Å²) in [5, 5.41) is 1.16. The second-order valence-corrected chi connectivity index (χ2v) is 8.90. The van der Waals surface area contributed by atoms with E-state index in [4.69, 9.17) is 4.74 Å². The van der Waals surface area contributed by atoms with Gasteiger partial charge in [-0.2, -0.15) is 4.31 Å². The predicted octanol–water partition coefficient (Wildman–Crippen LogP) is 3.27. The second kappa shape index (κ2) is 5.94. The Morgan fingerprint density at radius 2 is 1.77 bits per heavy atom.